The molecule has 2 aliphatic rings. The predicted molar refractivity (Wildman–Crippen MR) is 127 cm³/mol. The number of nitrogens with one attached hydrogen (secondary N) is 2. The lowest BCUT2D eigenvalue weighted by molar-refractivity contribution is -0.137. The van der Waals surface area contributed by atoms with E-state index in [1.54, 1.807) is 4.90 Å². The van der Waals surface area contributed by atoms with Crippen molar-refractivity contribution in [3.05, 3.63) is 22.5 Å². The Labute approximate surface area is 206 Å². The Hall–Kier alpha value is -2.67. The minimum absolute atomic E-state index is 0.0711. The van der Waals surface area contributed by atoms with Gasteiger partial charge in [0, 0.05) is 31.7 Å². The van der Waals surface area contributed by atoms with Gasteiger partial charge in [-0.25, -0.2) is 14.8 Å². The fourth-order valence-corrected chi connectivity index (χ4v) is 5.26. The van der Waals surface area contributed by atoms with Crippen molar-refractivity contribution in [3.8, 4) is 0 Å². The zero-order valence-corrected chi connectivity index (χ0v) is 20.6. The number of anilines is 3. The van der Waals surface area contributed by atoms with Gasteiger partial charge in [0.25, 0.3) is 0 Å². The van der Waals surface area contributed by atoms with Crippen LogP contribution in [0.25, 0.3) is 0 Å². The van der Waals surface area contributed by atoms with E-state index in [1.807, 2.05) is 6.92 Å². The number of hydrogen-bond acceptors (Lipinski definition) is 9. The molecule has 0 unspecified atom stereocenters. The molecule has 2 aromatic heterocycles. The van der Waals surface area contributed by atoms with Crippen molar-refractivity contribution in [1.82, 2.24) is 24.8 Å². The number of cyclic esters (lactones) is 1. The Balaban J connectivity index is 1.42. The van der Waals surface area contributed by atoms with E-state index in [4.69, 9.17) is 4.74 Å². The van der Waals surface area contributed by atoms with Gasteiger partial charge < -0.3 is 25.2 Å². The van der Waals surface area contributed by atoms with E-state index in [0.29, 0.717) is 32.0 Å². The van der Waals surface area contributed by atoms with E-state index in [-0.39, 0.29) is 24.4 Å². The van der Waals surface area contributed by atoms with E-state index in [9.17, 15) is 18.0 Å². The number of carbonyl (C=O) groups excluding carboxylic acids is 1. The minimum Gasteiger partial charge on any atom is -0.449 e. The highest BCUT2D eigenvalue weighted by Gasteiger charge is 2.35. The lowest BCUT2D eigenvalue weighted by atomic mass is 9.98. The second kappa shape index (κ2) is 10.9. The van der Waals surface area contributed by atoms with Gasteiger partial charge in [0.1, 0.15) is 16.4 Å². The number of nitrogens with zero attached hydrogens (tertiary/aromatic N) is 5. The summed E-state index contributed by atoms with van der Waals surface area (Å²) in [7, 11) is 2.10. The van der Waals surface area contributed by atoms with Crippen LogP contribution in [0.15, 0.2) is 6.20 Å². The summed E-state index contributed by atoms with van der Waals surface area (Å²) in [6.07, 6.45) is -0.943. The molecule has 2 fully saturated rings. The normalized spacial score (nSPS) is 18.0. The summed E-state index contributed by atoms with van der Waals surface area (Å²) in [5, 5.41) is 7.58. The van der Waals surface area contributed by atoms with Crippen LogP contribution in [0, 0.1) is 6.92 Å². The molecule has 192 valence electrons. The molecule has 2 aromatic rings. The summed E-state index contributed by atoms with van der Waals surface area (Å²) in [6.45, 7) is 5.49. The van der Waals surface area contributed by atoms with Crippen LogP contribution in [0.3, 0.4) is 0 Å². The third-order valence-electron chi connectivity index (χ3n) is 6.15. The van der Waals surface area contributed by atoms with Crippen LogP contribution in [0.4, 0.5) is 34.7 Å². The standard InChI is InChI=1S/C22H30F3N7O2S/c1-14-18(35-19(28-14)15-5-10-31(2)11-6-15)30-20-27-13-16(22(23,24)25)17(29-20)26-7-3-8-32-9-4-12-34-21(32)33/h13,15H,3-12H2,1-2H3,(H2,26,27,29,30). The Morgan fingerprint density at radius 3 is 2.71 bits per heavy atom. The van der Waals surface area contributed by atoms with Gasteiger partial charge in [-0.3, -0.25) is 0 Å². The number of aryl methyl sites for hydroxylation is 1. The molecule has 2 saturated heterocycles. The fourth-order valence-electron chi connectivity index (χ4n) is 4.13. The highest BCUT2D eigenvalue weighted by Crippen LogP contribution is 2.37. The highest BCUT2D eigenvalue weighted by atomic mass is 32.1. The molecule has 0 atom stereocenters. The molecule has 13 heteroatoms. The molecule has 0 bridgehead atoms. The first kappa shape index (κ1) is 25.4. The zero-order chi connectivity index (χ0) is 25.0. The van der Waals surface area contributed by atoms with E-state index >= 15 is 0 Å². The first-order chi connectivity index (χ1) is 16.7. The minimum atomic E-state index is -4.60. The summed E-state index contributed by atoms with van der Waals surface area (Å²) in [5.74, 6) is 0.157. The number of thiazole rings is 1. The second-order valence-corrected chi connectivity index (χ2v) is 9.89. The van der Waals surface area contributed by atoms with Crippen molar-refractivity contribution in [3.63, 3.8) is 0 Å². The summed E-state index contributed by atoms with van der Waals surface area (Å²) in [5.41, 5.74) is -0.163. The molecule has 9 nitrogen and oxygen atoms in total. The van der Waals surface area contributed by atoms with Crippen LogP contribution in [-0.2, 0) is 10.9 Å². The van der Waals surface area contributed by atoms with Gasteiger partial charge in [0.2, 0.25) is 5.95 Å². The quantitative estimate of drug-likeness (QED) is 0.500. The highest BCUT2D eigenvalue weighted by molar-refractivity contribution is 7.16. The number of carbonyl (C=O) groups is 1. The van der Waals surface area contributed by atoms with Crippen LogP contribution in [0.2, 0.25) is 0 Å². The number of alkyl halides is 3. The van der Waals surface area contributed by atoms with E-state index < -0.39 is 11.7 Å². The molecule has 0 spiro atoms. The Morgan fingerprint density at radius 2 is 2.00 bits per heavy atom. The number of aromatic nitrogens is 3. The second-order valence-electron chi connectivity index (χ2n) is 8.86. The fraction of sp³-hybridized carbons (Fsp3) is 0.636. The summed E-state index contributed by atoms with van der Waals surface area (Å²) in [4.78, 5) is 28.3. The van der Waals surface area contributed by atoms with Gasteiger partial charge >= 0.3 is 12.3 Å². The number of ether oxygens (including phenoxy) is 1. The molecule has 4 rings (SSSR count). The largest absolute Gasteiger partial charge is 0.449 e. The first-order valence-corrected chi connectivity index (χ1v) is 12.5. The summed E-state index contributed by atoms with van der Waals surface area (Å²) in [6, 6.07) is 0. The molecule has 1 amide bonds. The van der Waals surface area contributed by atoms with Gasteiger partial charge in [0.15, 0.2) is 0 Å². The van der Waals surface area contributed by atoms with Crippen molar-refractivity contribution in [2.75, 3.05) is 57.0 Å². The van der Waals surface area contributed by atoms with Gasteiger partial charge in [0.05, 0.1) is 17.3 Å². The number of piperidine rings is 1. The Bertz CT molecular complexity index is 1020. The van der Waals surface area contributed by atoms with Crippen LogP contribution >= 0.6 is 11.3 Å². The molecule has 2 aliphatic heterocycles. The average molecular weight is 514 g/mol. The average Bonchev–Trinajstić information content (AvgIpc) is 3.17. The van der Waals surface area contributed by atoms with Crippen LogP contribution in [0.5, 0.6) is 0 Å². The number of amides is 1. The number of likely N-dealkylation sites (tertiary alicyclic amines) is 1. The van der Waals surface area contributed by atoms with Crippen LogP contribution < -0.4 is 10.6 Å². The van der Waals surface area contributed by atoms with Gasteiger partial charge in [-0.15, -0.1) is 11.3 Å². The lowest BCUT2D eigenvalue weighted by Gasteiger charge is -2.27. The summed E-state index contributed by atoms with van der Waals surface area (Å²) < 4.78 is 45.6. The van der Waals surface area contributed by atoms with Crippen molar-refractivity contribution < 1.29 is 22.7 Å². The van der Waals surface area contributed by atoms with Crippen molar-refractivity contribution in [2.24, 2.45) is 0 Å². The summed E-state index contributed by atoms with van der Waals surface area (Å²) >= 11 is 1.50. The molecule has 35 heavy (non-hydrogen) atoms. The maximum Gasteiger partial charge on any atom is 0.421 e. The lowest BCUT2D eigenvalue weighted by Crippen LogP contribution is -2.38. The van der Waals surface area contributed by atoms with Crippen molar-refractivity contribution in [2.45, 2.75) is 44.7 Å². The van der Waals surface area contributed by atoms with Gasteiger partial charge in [-0.2, -0.15) is 18.2 Å². The van der Waals surface area contributed by atoms with Crippen molar-refractivity contribution >= 4 is 34.2 Å². The van der Waals surface area contributed by atoms with E-state index in [2.05, 4.69) is 37.5 Å². The zero-order valence-electron chi connectivity index (χ0n) is 19.8. The van der Waals surface area contributed by atoms with Gasteiger partial charge in [-0.1, -0.05) is 0 Å². The number of hydrogen-bond donors (Lipinski definition) is 2. The first-order valence-electron chi connectivity index (χ1n) is 11.7. The molecular weight excluding hydrogens is 483 g/mol. The maximum atomic E-state index is 13.5. The van der Waals surface area contributed by atoms with E-state index in [0.717, 1.165) is 54.3 Å². The topological polar surface area (TPSA) is 95.5 Å². The molecule has 0 radical (unpaired) electrons. The smallest absolute Gasteiger partial charge is 0.421 e. The molecule has 0 saturated carbocycles. The monoisotopic (exact) mass is 513 g/mol. The predicted octanol–water partition coefficient (Wildman–Crippen LogP) is 4.46. The molecule has 2 N–H and O–H groups in total. The Morgan fingerprint density at radius 1 is 1.23 bits per heavy atom. The van der Waals surface area contributed by atoms with Crippen molar-refractivity contribution in [1.29, 1.82) is 0 Å². The molecule has 0 aliphatic carbocycles. The maximum absolute atomic E-state index is 13.5. The van der Waals surface area contributed by atoms with Crippen LogP contribution in [-0.4, -0.2) is 77.2 Å². The molecular formula is C22H30F3N7O2S. The van der Waals surface area contributed by atoms with Gasteiger partial charge in [-0.05, 0) is 52.7 Å². The molecule has 4 heterocycles. The Kier molecular flexibility index (Phi) is 7.95. The SMILES string of the molecule is Cc1nc(C2CCN(C)CC2)sc1Nc1ncc(C(F)(F)F)c(NCCCN2CCCOC2=O)n1. The molecule has 0 aromatic carbocycles. The van der Waals surface area contributed by atoms with Crippen LogP contribution in [0.1, 0.15) is 47.9 Å². The third kappa shape index (κ3) is 6.51. The number of rotatable bonds is 8. The third-order valence-corrected chi connectivity index (χ3v) is 7.39. The number of halogens is 3. The van der Waals surface area contributed by atoms with E-state index in [1.165, 1.54) is 11.3 Å².